The Hall–Kier alpha value is -1.16. The van der Waals surface area contributed by atoms with Gasteiger partial charge < -0.3 is 10.0 Å². The van der Waals surface area contributed by atoms with Crippen LogP contribution >= 0.6 is 11.8 Å². The second-order valence-corrected chi connectivity index (χ2v) is 5.59. The smallest absolute Gasteiger partial charge is 0.337 e. The third kappa shape index (κ3) is 2.57. The van der Waals surface area contributed by atoms with Crippen molar-refractivity contribution in [2.75, 3.05) is 23.0 Å². The van der Waals surface area contributed by atoms with Gasteiger partial charge in [0, 0.05) is 24.1 Å². The first-order chi connectivity index (χ1) is 8.09. The Morgan fingerprint density at radius 2 is 2.29 bits per heavy atom. The molecule has 1 saturated heterocycles. The molecule has 92 valence electrons. The van der Waals surface area contributed by atoms with Gasteiger partial charge >= 0.3 is 5.97 Å². The Morgan fingerprint density at radius 3 is 2.94 bits per heavy atom. The van der Waals surface area contributed by atoms with Gasteiger partial charge in [-0.15, -0.1) is 0 Å². The molecule has 2 rings (SSSR count). The SMILES string of the molecule is Cc1ccc(N2CCSCC2C)c(C(=O)O)c1. The fourth-order valence-corrected chi connectivity index (χ4v) is 3.17. The molecule has 0 saturated carbocycles. The van der Waals surface area contributed by atoms with Crippen LogP contribution in [0.2, 0.25) is 0 Å². The van der Waals surface area contributed by atoms with Crippen molar-refractivity contribution in [1.29, 1.82) is 0 Å². The lowest BCUT2D eigenvalue weighted by Crippen LogP contribution is -2.41. The van der Waals surface area contributed by atoms with Gasteiger partial charge in [-0.25, -0.2) is 4.79 Å². The minimum Gasteiger partial charge on any atom is -0.478 e. The Balaban J connectivity index is 2.39. The molecule has 3 nitrogen and oxygen atoms in total. The molecular weight excluding hydrogens is 234 g/mol. The highest BCUT2D eigenvalue weighted by Gasteiger charge is 2.23. The molecule has 0 amide bonds. The van der Waals surface area contributed by atoms with E-state index >= 15 is 0 Å². The van der Waals surface area contributed by atoms with Crippen molar-refractivity contribution >= 4 is 23.4 Å². The first-order valence-corrected chi connectivity index (χ1v) is 6.93. The van der Waals surface area contributed by atoms with E-state index < -0.39 is 5.97 Å². The first kappa shape index (κ1) is 12.3. The van der Waals surface area contributed by atoms with Crippen molar-refractivity contribution in [2.45, 2.75) is 19.9 Å². The summed E-state index contributed by atoms with van der Waals surface area (Å²) in [4.78, 5) is 13.5. The van der Waals surface area contributed by atoms with Crippen LogP contribution in [-0.2, 0) is 0 Å². The molecule has 0 bridgehead atoms. The van der Waals surface area contributed by atoms with Crippen LogP contribution in [0.3, 0.4) is 0 Å². The summed E-state index contributed by atoms with van der Waals surface area (Å²) in [5, 5.41) is 9.28. The average Bonchev–Trinajstić information content (AvgIpc) is 2.30. The van der Waals surface area contributed by atoms with E-state index in [9.17, 15) is 9.90 Å². The Kier molecular flexibility index (Phi) is 3.62. The van der Waals surface area contributed by atoms with Crippen molar-refractivity contribution in [3.8, 4) is 0 Å². The van der Waals surface area contributed by atoms with Crippen molar-refractivity contribution in [3.63, 3.8) is 0 Å². The van der Waals surface area contributed by atoms with Crippen molar-refractivity contribution in [2.24, 2.45) is 0 Å². The number of carboxylic acid groups (broad SMARTS) is 1. The molecule has 0 aromatic heterocycles. The van der Waals surface area contributed by atoms with Crippen LogP contribution in [0.25, 0.3) is 0 Å². The number of anilines is 1. The summed E-state index contributed by atoms with van der Waals surface area (Å²) in [7, 11) is 0. The highest BCUT2D eigenvalue weighted by atomic mass is 32.2. The van der Waals surface area contributed by atoms with E-state index in [0.717, 1.165) is 29.3 Å². The molecule has 17 heavy (non-hydrogen) atoms. The minimum atomic E-state index is -0.839. The molecule has 1 heterocycles. The molecule has 4 heteroatoms. The second-order valence-electron chi connectivity index (χ2n) is 4.44. The number of carboxylic acids is 1. The maximum atomic E-state index is 11.3. The monoisotopic (exact) mass is 251 g/mol. The van der Waals surface area contributed by atoms with Gasteiger partial charge in [-0.2, -0.15) is 11.8 Å². The fraction of sp³-hybridized carbons (Fsp3) is 0.462. The number of thioether (sulfide) groups is 1. The van der Waals surface area contributed by atoms with E-state index in [0.29, 0.717) is 11.6 Å². The average molecular weight is 251 g/mol. The quantitative estimate of drug-likeness (QED) is 0.877. The topological polar surface area (TPSA) is 40.5 Å². The van der Waals surface area contributed by atoms with E-state index in [1.54, 1.807) is 6.07 Å². The van der Waals surface area contributed by atoms with Gasteiger partial charge in [-0.3, -0.25) is 0 Å². The molecule has 0 spiro atoms. The summed E-state index contributed by atoms with van der Waals surface area (Å²) in [6, 6.07) is 6.07. The van der Waals surface area contributed by atoms with E-state index in [1.807, 2.05) is 30.8 Å². The lowest BCUT2D eigenvalue weighted by Gasteiger charge is -2.35. The predicted octanol–water partition coefficient (Wildman–Crippen LogP) is 2.63. The van der Waals surface area contributed by atoms with Crippen LogP contribution in [0.5, 0.6) is 0 Å². The van der Waals surface area contributed by atoms with Crippen LogP contribution in [0, 0.1) is 6.92 Å². The van der Waals surface area contributed by atoms with Gasteiger partial charge in [0.2, 0.25) is 0 Å². The molecule has 1 aromatic rings. The normalized spacial score (nSPS) is 20.4. The molecule has 1 fully saturated rings. The van der Waals surface area contributed by atoms with Gasteiger partial charge in [-0.05, 0) is 26.0 Å². The molecule has 1 atom stereocenters. The number of hydrogen-bond acceptors (Lipinski definition) is 3. The largest absolute Gasteiger partial charge is 0.478 e. The maximum absolute atomic E-state index is 11.3. The summed E-state index contributed by atoms with van der Waals surface area (Å²) in [5.74, 6) is 1.29. The summed E-state index contributed by atoms with van der Waals surface area (Å²) in [6.07, 6.45) is 0. The Bertz CT molecular complexity index is 433. The predicted molar refractivity (Wildman–Crippen MR) is 72.3 cm³/mol. The van der Waals surface area contributed by atoms with E-state index in [4.69, 9.17) is 0 Å². The van der Waals surface area contributed by atoms with E-state index in [1.165, 1.54) is 0 Å². The number of carbonyl (C=O) groups is 1. The molecule has 1 unspecified atom stereocenters. The third-order valence-electron chi connectivity index (χ3n) is 3.06. The molecule has 0 radical (unpaired) electrons. The zero-order valence-electron chi connectivity index (χ0n) is 10.1. The lowest BCUT2D eigenvalue weighted by molar-refractivity contribution is 0.0697. The third-order valence-corrected chi connectivity index (χ3v) is 4.25. The number of aryl methyl sites for hydroxylation is 1. The Morgan fingerprint density at radius 1 is 1.53 bits per heavy atom. The molecule has 1 aliphatic rings. The highest BCUT2D eigenvalue weighted by molar-refractivity contribution is 7.99. The van der Waals surface area contributed by atoms with Gasteiger partial charge in [0.15, 0.2) is 0 Å². The summed E-state index contributed by atoms with van der Waals surface area (Å²) >= 11 is 1.93. The second kappa shape index (κ2) is 5.00. The highest BCUT2D eigenvalue weighted by Crippen LogP contribution is 2.28. The summed E-state index contributed by atoms with van der Waals surface area (Å²) in [6.45, 7) is 5.00. The van der Waals surface area contributed by atoms with E-state index in [2.05, 4.69) is 11.8 Å². The molecule has 0 aliphatic carbocycles. The number of aromatic carboxylic acids is 1. The van der Waals surface area contributed by atoms with Crippen LogP contribution in [-0.4, -0.2) is 35.2 Å². The number of benzene rings is 1. The van der Waals surface area contributed by atoms with Crippen LogP contribution in [0.4, 0.5) is 5.69 Å². The number of nitrogens with zero attached hydrogens (tertiary/aromatic N) is 1. The van der Waals surface area contributed by atoms with Gasteiger partial charge in [-0.1, -0.05) is 11.6 Å². The minimum absolute atomic E-state index is 0.398. The maximum Gasteiger partial charge on any atom is 0.337 e. The van der Waals surface area contributed by atoms with Crippen molar-refractivity contribution in [1.82, 2.24) is 0 Å². The fourth-order valence-electron chi connectivity index (χ4n) is 2.16. The first-order valence-electron chi connectivity index (χ1n) is 5.78. The summed E-state index contributed by atoms with van der Waals surface area (Å²) in [5.41, 5.74) is 2.27. The van der Waals surface area contributed by atoms with Gasteiger partial charge in [0.25, 0.3) is 0 Å². The van der Waals surface area contributed by atoms with Crippen LogP contribution in [0.15, 0.2) is 18.2 Å². The molecular formula is C13H17NO2S. The zero-order valence-corrected chi connectivity index (χ0v) is 11.0. The standard InChI is InChI=1S/C13H17NO2S/c1-9-3-4-12(11(7-9)13(15)16)14-5-6-17-8-10(14)2/h3-4,7,10H,5-6,8H2,1-2H3,(H,15,16). The molecule has 1 N–H and O–H groups in total. The van der Waals surface area contributed by atoms with Gasteiger partial charge in [0.1, 0.15) is 0 Å². The number of rotatable bonds is 2. The van der Waals surface area contributed by atoms with E-state index in [-0.39, 0.29) is 0 Å². The summed E-state index contributed by atoms with van der Waals surface area (Å²) < 4.78 is 0. The number of hydrogen-bond donors (Lipinski definition) is 1. The molecule has 1 aromatic carbocycles. The Labute approximate surface area is 106 Å². The van der Waals surface area contributed by atoms with Crippen LogP contribution in [0.1, 0.15) is 22.8 Å². The molecule has 1 aliphatic heterocycles. The van der Waals surface area contributed by atoms with Gasteiger partial charge in [0.05, 0.1) is 11.3 Å². The lowest BCUT2D eigenvalue weighted by atomic mass is 10.1. The van der Waals surface area contributed by atoms with Crippen molar-refractivity contribution < 1.29 is 9.90 Å². The zero-order chi connectivity index (χ0) is 12.4. The van der Waals surface area contributed by atoms with Crippen LogP contribution < -0.4 is 4.90 Å². The van der Waals surface area contributed by atoms with Crippen molar-refractivity contribution in [3.05, 3.63) is 29.3 Å².